The van der Waals surface area contributed by atoms with E-state index >= 15 is 0 Å². The summed E-state index contributed by atoms with van der Waals surface area (Å²) in [6, 6.07) is 7.63. The number of fused-ring (bicyclic) bond motifs is 1. The molecule has 4 rings (SSSR count). The van der Waals surface area contributed by atoms with E-state index in [0.717, 1.165) is 47.6 Å². The molecule has 1 aliphatic rings. The van der Waals surface area contributed by atoms with Crippen molar-refractivity contribution in [3.8, 4) is 22.8 Å². The van der Waals surface area contributed by atoms with Crippen molar-refractivity contribution in [2.45, 2.75) is 19.3 Å². The number of likely N-dealkylation sites (tertiary alicyclic amines) is 1. The van der Waals surface area contributed by atoms with Crippen LogP contribution >= 0.6 is 0 Å². The van der Waals surface area contributed by atoms with Gasteiger partial charge in [0.15, 0.2) is 17.3 Å². The van der Waals surface area contributed by atoms with Crippen LogP contribution in [0.1, 0.15) is 19.3 Å². The molecule has 0 atom stereocenters. The van der Waals surface area contributed by atoms with Crippen molar-refractivity contribution in [1.29, 1.82) is 0 Å². The zero-order valence-electron chi connectivity index (χ0n) is 17.0. The predicted molar refractivity (Wildman–Crippen MR) is 115 cm³/mol. The molecule has 0 saturated carbocycles. The maximum Gasteiger partial charge on any atom is 0.163 e. The third kappa shape index (κ3) is 4.40. The smallest absolute Gasteiger partial charge is 0.163 e. The largest absolute Gasteiger partial charge is 0.493 e. The lowest BCUT2D eigenvalue weighted by Gasteiger charge is -2.16. The molecule has 3 heterocycles. The third-order valence-corrected chi connectivity index (χ3v) is 5.27. The highest BCUT2D eigenvalue weighted by molar-refractivity contribution is 5.85. The van der Waals surface area contributed by atoms with Gasteiger partial charge in [0.1, 0.15) is 5.69 Å². The van der Waals surface area contributed by atoms with E-state index in [2.05, 4.69) is 15.2 Å². The highest BCUT2D eigenvalue weighted by Gasteiger charge is 2.15. The molecule has 1 fully saturated rings. The molecule has 29 heavy (non-hydrogen) atoms. The summed E-state index contributed by atoms with van der Waals surface area (Å²) in [4.78, 5) is 16.4. The molecule has 0 amide bonds. The maximum absolute atomic E-state index is 5.43. The summed E-state index contributed by atoms with van der Waals surface area (Å²) in [5, 5.41) is 3.50. The fourth-order valence-electron chi connectivity index (χ4n) is 3.73. The summed E-state index contributed by atoms with van der Waals surface area (Å²) in [6.07, 6.45) is 7.25. The van der Waals surface area contributed by atoms with Crippen LogP contribution < -0.4 is 14.8 Å². The molecule has 3 aromatic rings. The lowest BCUT2D eigenvalue weighted by Crippen LogP contribution is -2.22. The van der Waals surface area contributed by atoms with E-state index in [1.54, 1.807) is 26.6 Å². The fourth-order valence-corrected chi connectivity index (χ4v) is 3.73. The monoisotopic (exact) mass is 393 g/mol. The minimum absolute atomic E-state index is 0.640. The molecule has 7 nitrogen and oxygen atoms in total. The highest BCUT2D eigenvalue weighted by Crippen LogP contribution is 2.33. The van der Waals surface area contributed by atoms with Gasteiger partial charge in [-0.15, -0.1) is 0 Å². The van der Waals surface area contributed by atoms with Crippen LogP contribution in [0.2, 0.25) is 0 Å². The summed E-state index contributed by atoms with van der Waals surface area (Å²) in [5.41, 5.74) is 3.32. The summed E-state index contributed by atoms with van der Waals surface area (Å²) in [5.74, 6) is 2.06. The molecule has 0 spiro atoms. The molecule has 152 valence electrons. The van der Waals surface area contributed by atoms with Gasteiger partial charge in [-0.3, -0.25) is 4.98 Å². The van der Waals surface area contributed by atoms with Crippen molar-refractivity contribution < 1.29 is 9.47 Å². The molecular formula is C22H27N5O2. The Kier molecular flexibility index (Phi) is 6.05. The van der Waals surface area contributed by atoms with Gasteiger partial charge in [0, 0.05) is 36.6 Å². The van der Waals surface area contributed by atoms with Crippen molar-refractivity contribution in [2.24, 2.45) is 0 Å². The number of pyridine rings is 1. The molecule has 1 aromatic carbocycles. The van der Waals surface area contributed by atoms with Crippen molar-refractivity contribution in [1.82, 2.24) is 19.9 Å². The van der Waals surface area contributed by atoms with E-state index in [1.807, 2.05) is 24.3 Å². The van der Waals surface area contributed by atoms with E-state index < -0.39 is 0 Å². The van der Waals surface area contributed by atoms with Crippen LogP contribution in [0.25, 0.3) is 22.3 Å². The van der Waals surface area contributed by atoms with Crippen LogP contribution in [0.15, 0.2) is 36.7 Å². The Balaban J connectivity index is 1.63. The summed E-state index contributed by atoms with van der Waals surface area (Å²) in [6.45, 7) is 4.41. The van der Waals surface area contributed by atoms with Crippen molar-refractivity contribution in [3.63, 3.8) is 0 Å². The molecule has 7 heteroatoms. The van der Waals surface area contributed by atoms with Gasteiger partial charge in [-0.05, 0) is 51.0 Å². The van der Waals surface area contributed by atoms with Crippen LogP contribution in [0, 0.1) is 0 Å². The minimum Gasteiger partial charge on any atom is -0.493 e. The first kappa shape index (κ1) is 19.4. The number of hydrogen-bond donors (Lipinski definition) is 1. The maximum atomic E-state index is 5.43. The topological polar surface area (TPSA) is 72.4 Å². The Morgan fingerprint density at radius 2 is 1.62 bits per heavy atom. The summed E-state index contributed by atoms with van der Waals surface area (Å²) < 4.78 is 10.9. The second-order valence-corrected chi connectivity index (χ2v) is 7.18. The standard InChI is InChI=1S/C22H27N5O2/c1-28-19-14-17-18(15-20(19)29-2)26-22(21(25-17)16-6-9-23-10-7-16)24-8-5-13-27-11-3-4-12-27/h6-7,9-10,14-15H,3-5,8,11-13H2,1-2H3,(H,24,26). The highest BCUT2D eigenvalue weighted by atomic mass is 16.5. The van der Waals surface area contributed by atoms with Crippen LogP contribution in [-0.4, -0.2) is 60.3 Å². The first-order valence-electron chi connectivity index (χ1n) is 10.1. The van der Waals surface area contributed by atoms with Crippen LogP contribution in [0.5, 0.6) is 11.5 Å². The van der Waals surface area contributed by atoms with Crippen molar-refractivity contribution in [2.75, 3.05) is 45.7 Å². The molecule has 1 saturated heterocycles. The van der Waals surface area contributed by atoms with Crippen molar-refractivity contribution in [3.05, 3.63) is 36.7 Å². The average Bonchev–Trinajstić information content (AvgIpc) is 3.29. The molecule has 1 N–H and O–H groups in total. The summed E-state index contributed by atoms with van der Waals surface area (Å²) in [7, 11) is 3.25. The Morgan fingerprint density at radius 3 is 2.28 bits per heavy atom. The number of ether oxygens (including phenoxy) is 2. The lowest BCUT2D eigenvalue weighted by molar-refractivity contribution is 0.337. The Morgan fingerprint density at radius 1 is 0.966 bits per heavy atom. The van der Waals surface area contributed by atoms with Gasteiger partial charge < -0.3 is 19.7 Å². The van der Waals surface area contributed by atoms with Gasteiger partial charge in [0.2, 0.25) is 0 Å². The van der Waals surface area contributed by atoms with Crippen LogP contribution in [0.4, 0.5) is 5.82 Å². The van der Waals surface area contributed by atoms with Gasteiger partial charge in [0.05, 0.1) is 25.3 Å². The SMILES string of the molecule is COc1cc2nc(NCCCN3CCCC3)c(-c3ccncc3)nc2cc1OC. The van der Waals surface area contributed by atoms with E-state index in [4.69, 9.17) is 19.4 Å². The quantitative estimate of drug-likeness (QED) is 0.586. The number of aromatic nitrogens is 3. The molecule has 1 aliphatic heterocycles. The predicted octanol–water partition coefficient (Wildman–Crippen LogP) is 3.61. The summed E-state index contributed by atoms with van der Waals surface area (Å²) >= 11 is 0. The number of benzene rings is 1. The molecular weight excluding hydrogens is 366 g/mol. The molecule has 0 aliphatic carbocycles. The van der Waals surface area contributed by atoms with E-state index in [-0.39, 0.29) is 0 Å². The normalized spacial score (nSPS) is 14.3. The first-order chi connectivity index (χ1) is 14.3. The Hall–Kier alpha value is -2.93. The van der Waals surface area contributed by atoms with E-state index in [1.165, 1.54) is 25.9 Å². The van der Waals surface area contributed by atoms with Gasteiger partial charge in [-0.1, -0.05) is 0 Å². The second kappa shape index (κ2) is 9.05. The number of rotatable bonds is 8. The van der Waals surface area contributed by atoms with E-state index in [9.17, 15) is 0 Å². The average molecular weight is 393 g/mol. The molecule has 0 bridgehead atoms. The minimum atomic E-state index is 0.640. The van der Waals surface area contributed by atoms with Gasteiger partial charge in [0.25, 0.3) is 0 Å². The van der Waals surface area contributed by atoms with Gasteiger partial charge >= 0.3 is 0 Å². The van der Waals surface area contributed by atoms with Gasteiger partial charge in [-0.2, -0.15) is 0 Å². The lowest BCUT2D eigenvalue weighted by atomic mass is 10.1. The number of hydrogen-bond acceptors (Lipinski definition) is 7. The number of nitrogens with one attached hydrogen (secondary N) is 1. The number of nitrogens with zero attached hydrogens (tertiary/aromatic N) is 4. The zero-order chi connectivity index (χ0) is 20.1. The number of methoxy groups -OCH3 is 2. The zero-order valence-corrected chi connectivity index (χ0v) is 17.0. The Labute approximate surface area is 171 Å². The molecule has 0 radical (unpaired) electrons. The first-order valence-corrected chi connectivity index (χ1v) is 10.1. The third-order valence-electron chi connectivity index (χ3n) is 5.27. The number of anilines is 1. The van der Waals surface area contributed by atoms with Gasteiger partial charge in [-0.25, -0.2) is 9.97 Å². The second-order valence-electron chi connectivity index (χ2n) is 7.18. The van der Waals surface area contributed by atoms with Crippen molar-refractivity contribution >= 4 is 16.9 Å². The molecule has 2 aromatic heterocycles. The molecule has 0 unspecified atom stereocenters. The fraction of sp³-hybridized carbons (Fsp3) is 0.409. The van der Waals surface area contributed by atoms with Crippen LogP contribution in [0.3, 0.4) is 0 Å². The Bertz CT molecular complexity index is 958. The van der Waals surface area contributed by atoms with E-state index in [0.29, 0.717) is 11.5 Å². The van der Waals surface area contributed by atoms with Crippen LogP contribution in [-0.2, 0) is 0 Å².